The average Bonchev–Trinajstić information content (AvgIpc) is 3.35. The smallest absolute Gasteiger partial charge is 0.408 e. The van der Waals surface area contributed by atoms with E-state index in [9.17, 15) is 9.59 Å². The maximum Gasteiger partial charge on any atom is 0.408 e. The summed E-state index contributed by atoms with van der Waals surface area (Å²) in [6.45, 7) is 5.53. The summed E-state index contributed by atoms with van der Waals surface area (Å²) in [7, 11) is 1.35. The number of H-pyrrole nitrogens is 1. The summed E-state index contributed by atoms with van der Waals surface area (Å²) < 4.78 is 10.1. The molecule has 0 aromatic carbocycles. The van der Waals surface area contributed by atoms with Crippen molar-refractivity contribution in [1.82, 2.24) is 20.5 Å². The number of carbonyl (C=O) groups is 2. The largest absolute Gasteiger partial charge is 0.466 e. The summed E-state index contributed by atoms with van der Waals surface area (Å²) >= 11 is 0. The summed E-state index contributed by atoms with van der Waals surface area (Å²) in [5, 5.41) is 10.5. The van der Waals surface area contributed by atoms with Gasteiger partial charge in [-0.15, -0.1) is 0 Å². The Morgan fingerprint density at radius 2 is 2.00 bits per heavy atom. The molecule has 8 heteroatoms. The fraction of sp³-hybridized carbons (Fsp3) is 0.545. The van der Waals surface area contributed by atoms with Crippen molar-refractivity contribution in [2.45, 2.75) is 70.4 Å². The summed E-state index contributed by atoms with van der Waals surface area (Å²) in [6, 6.07) is 0. The van der Waals surface area contributed by atoms with Gasteiger partial charge in [-0.2, -0.15) is 5.10 Å². The molecule has 162 valence electrons. The highest BCUT2D eigenvalue weighted by atomic mass is 16.6. The van der Waals surface area contributed by atoms with Crippen LogP contribution >= 0.6 is 0 Å². The van der Waals surface area contributed by atoms with Crippen LogP contribution in [0, 0.1) is 0 Å². The van der Waals surface area contributed by atoms with E-state index in [0.29, 0.717) is 11.6 Å². The highest BCUT2D eigenvalue weighted by molar-refractivity contribution is 5.83. The molecule has 1 aromatic rings. The summed E-state index contributed by atoms with van der Waals surface area (Å²) in [4.78, 5) is 28.5. The molecule has 1 heterocycles. The molecular weight excluding hydrogens is 384 g/mol. The zero-order chi connectivity index (χ0) is 21.8. The van der Waals surface area contributed by atoms with E-state index >= 15 is 0 Å². The number of aromatic nitrogens is 3. The van der Waals surface area contributed by atoms with Crippen molar-refractivity contribution in [2.75, 3.05) is 7.11 Å². The molecule has 0 atom stereocenters. The Bertz CT molecular complexity index is 883. The van der Waals surface area contributed by atoms with Crippen LogP contribution in [0.1, 0.15) is 70.9 Å². The number of esters is 1. The van der Waals surface area contributed by atoms with Gasteiger partial charge in [0, 0.05) is 11.6 Å². The van der Waals surface area contributed by atoms with Crippen molar-refractivity contribution in [1.29, 1.82) is 0 Å². The molecule has 1 amide bonds. The van der Waals surface area contributed by atoms with Crippen LogP contribution in [0.3, 0.4) is 0 Å². The number of amides is 1. The molecule has 0 aliphatic heterocycles. The summed E-state index contributed by atoms with van der Waals surface area (Å²) in [6.07, 6.45) is 12.0. The first kappa shape index (κ1) is 21.8. The molecule has 1 fully saturated rings. The summed E-state index contributed by atoms with van der Waals surface area (Å²) in [5.74, 6) is 0.835. The molecular formula is C22H30N4O4. The molecule has 0 bridgehead atoms. The van der Waals surface area contributed by atoms with E-state index in [2.05, 4.69) is 26.3 Å². The Morgan fingerprint density at radius 3 is 2.67 bits per heavy atom. The third-order valence-electron chi connectivity index (χ3n) is 5.17. The molecule has 2 N–H and O–H groups in total. The van der Waals surface area contributed by atoms with Crippen LogP contribution in [0.5, 0.6) is 0 Å². The van der Waals surface area contributed by atoms with Crippen LogP contribution in [-0.2, 0) is 19.8 Å². The fourth-order valence-corrected chi connectivity index (χ4v) is 3.76. The number of methoxy groups -OCH3 is 1. The highest BCUT2D eigenvalue weighted by Crippen LogP contribution is 2.38. The fourth-order valence-electron chi connectivity index (χ4n) is 3.76. The number of allylic oxidation sites excluding steroid dienone is 5. The number of ether oxygens (including phenoxy) is 2. The number of rotatable bonds is 5. The van der Waals surface area contributed by atoms with Crippen LogP contribution in [0.15, 0.2) is 29.9 Å². The third-order valence-corrected chi connectivity index (χ3v) is 5.17. The maximum absolute atomic E-state index is 12.4. The van der Waals surface area contributed by atoms with Crippen LogP contribution in [-0.4, -0.2) is 40.0 Å². The van der Waals surface area contributed by atoms with Gasteiger partial charge in [0.15, 0.2) is 11.6 Å². The minimum atomic E-state index is -0.597. The number of nitrogens with zero attached hydrogens (tertiary/aromatic N) is 2. The standard InChI is InChI=1S/C22H30N4O4/c1-21(2,3)30-20(28)24-22(12-5-6-13-22)19-23-18(25-26-19)16-9-7-8-15(14-16)10-11-17(27)29-4/h9-11,14H,5-8,12-13H2,1-4H3,(H,24,28)(H,23,25,26)/b11-10+. The van der Waals surface area contributed by atoms with Crippen molar-refractivity contribution >= 4 is 17.6 Å². The predicted octanol–water partition coefficient (Wildman–Crippen LogP) is 3.93. The zero-order valence-electron chi connectivity index (χ0n) is 18.1. The topological polar surface area (TPSA) is 106 Å². The highest BCUT2D eigenvalue weighted by Gasteiger charge is 2.41. The first-order chi connectivity index (χ1) is 14.2. The number of carbonyl (C=O) groups excluding carboxylic acids is 2. The van der Waals surface area contributed by atoms with Crippen molar-refractivity contribution in [3.63, 3.8) is 0 Å². The molecule has 0 saturated heterocycles. The van der Waals surface area contributed by atoms with Gasteiger partial charge in [-0.1, -0.05) is 25.0 Å². The normalized spacial score (nSPS) is 18.7. The van der Waals surface area contributed by atoms with Gasteiger partial charge in [-0.25, -0.2) is 14.6 Å². The number of nitrogens with one attached hydrogen (secondary N) is 2. The van der Waals surface area contributed by atoms with E-state index in [4.69, 9.17) is 9.72 Å². The Hall–Kier alpha value is -2.90. The van der Waals surface area contributed by atoms with Gasteiger partial charge in [0.1, 0.15) is 11.1 Å². The quantitative estimate of drug-likeness (QED) is 0.558. The average molecular weight is 415 g/mol. The lowest BCUT2D eigenvalue weighted by Crippen LogP contribution is -2.46. The van der Waals surface area contributed by atoms with E-state index in [1.165, 1.54) is 13.2 Å². The maximum atomic E-state index is 12.4. The van der Waals surface area contributed by atoms with Gasteiger partial charge >= 0.3 is 12.1 Å². The molecule has 2 aliphatic carbocycles. The Morgan fingerprint density at radius 1 is 1.27 bits per heavy atom. The van der Waals surface area contributed by atoms with Gasteiger partial charge < -0.3 is 14.8 Å². The lowest BCUT2D eigenvalue weighted by molar-refractivity contribution is -0.134. The number of alkyl carbamates (subject to hydrolysis) is 1. The molecule has 0 unspecified atom stereocenters. The monoisotopic (exact) mass is 414 g/mol. The number of hydrogen-bond acceptors (Lipinski definition) is 6. The number of hydrogen-bond donors (Lipinski definition) is 2. The third kappa shape index (κ3) is 5.37. The van der Waals surface area contributed by atoms with E-state index in [0.717, 1.165) is 49.7 Å². The number of aromatic amines is 1. The molecule has 2 aliphatic rings. The molecule has 1 saturated carbocycles. The van der Waals surface area contributed by atoms with Crippen molar-refractivity contribution in [3.8, 4) is 0 Å². The lowest BCUT2D eigenvalue weighted by atomic mass is 9.96. The van der Waals surface area contributed by atoms with Gasteiger partial charge in [-0.05, 0) is 58.1 Å². The van der Waals surface area contributed by atoms with E-state index in [1.54, 1.807) is 6.08 Å². The second kappa shape index (κ2) is 8.85. The second-order valence-corrected chi connectivity index (χ2v) is 8.70. The van der Waals surface area contributed by atoms with Gasteiger partial charge in [0.25, 0.3) is 0 Å². The molecule has 3 rings (SSSR count). The molecule has 30 heavy (non-hydrogen) atoms. The molecule has 8 nitrogen and oxygen atoms in total. The Kier molecular flexibility index (Phi) is 6.43. The van der Waals surface area contributed by atoms with Crippen LogP contribution in [0.2, 0.25) is 0 Å². The van der Waals surface area contributed by atoms with Crippen LogP contribution < -0.4 is 5.32 Å². The van der Waals surface area contributed by atoms with Crippen LogP contribution in [0.4, 0.5) is 4.79 Å². The minimum Gasteiger partial charge on any atom is -0.466 e. The second-order valence-electron chi connectivity index (χ2n) is 8.70. The van der Waals surface area contributed by atoms with Gasteiger partial charge in [0.2, 0.25) is 0 Å². The van der Waals surface area contributed by atoms with Crippen LogP contribution in [0.25, 0.3) is 5.57 Å². The van der Waals surface area contributed by atoms with Gasteiger partial charge in [0.05, 0.1) is 7.11 Å². The van der Waals surface area contributed by atoms with E-state index in [1.807, 2.05) is 26.8 Å². The SMILES string of the molecule is COC(=O)/C=C/C1=CC(c2n[nH]c(C3(NC(=O)OC(C)(C)C)CCCC3)n2)=CCC1. The zero-order valence-corrected chi connectivity index (χ0v) is 18.1. The van der Waals surface area contributed by atoms with Crippen molar-refractivity contribution < 1.29 is 19.1 Å². The van der Waals surface area contributed by atoms with Crippen molar-refractivity contribution in [3.05, 3.63) is 41.5 Å². The minimum absolute atomic E-state index is 0.386. The predicted molar refractivity (Wildman–Crippen MR) is 112 cm³/mol. The van der Waals surface area contributed by atoms with Crippen molar-refractivity contribution in [2.24, 2.45) is 0 Å². The molecule has 0 spiro atoms. The van der Waals surface area contributed by atoms with Gasteiger partial charge in [-0.3, -0.25) is 5.10 Å². The lowest BCUT2D eigenvalue weighted by Gasteiger charge is -2.29. The first-order valence-corrected chi connectivity index (χ1v) is 10.3. The first-order valence-electron chi connectivity index (χ1n) is 10.3. The Labute approximate surface area is 176 Å². The van der Waals surface area contributed by atoms with E-state index < -0.39 is 17.2 Å². The van der Waals surface area contributed by atoms with E-state index in [-0.39, 0.29) is 5.97 Å². The summed E-state index contributed by atoms with van der Waals surface area (Å²) in [5.41, 5.74) is 0.730. The molecule has 0 radical (unpaired) electrons. The molecule has 1 aromatic heterocycles. The Balaban J connectivity index is 1.79.